The minimum absolute atomic E-state index is 0.305. The van der Waals surface area contributed by atoms with Gasteiger partial charge in [0.25, 0.3) is 0 Å². The summed E-state index contributed by atoms with van der Waals surface area (Å²) in [5.74, 6) is 0. The zero-order chi connectivity index (χ0) is 21.5. The fourth-order valence-corrected chi connectivity index (χ4v) is 6.01. The van der Waals surface area contributed by atoms with Gasteiger partial charge in [-0.25, -0.2) is 0 Å². The molecule has 144 valence electrons. The zero-order valence-electron chi connectivity index (χ0n) is 15.7. The van der Waals surface area contributed by atoms with Crippen molar-refractivity contribution in [1.29, 1.82) is 10.5 Å². The van der Waals surface area contributed by atoms with Crippen LogP contribution in [0.1, 0.15) is 22.3 Å². The number of rotatable bonds is 0. The van der Waals surface area contributed by atoms with Gasteiger partial charge in [-0.2, -0.15) is 10.5 Å². The van der Waals surface area contributed by atoms with Gasteiger partial charge in [0.05, 0.1) is 33.3 Å². The van der Waals surface area contributed by atoms with Gasteiger partial charge in [-0.05, 0) is 54.6 Å². The first-order chi connectivity index (χ1) is 14.3. The maximum Gasteiger partial charge on any atom is 0.0999 e. The predicted octanol–water partition coefficient (Wildman–Crippen LogP) is 8.71. The summed E-state index contributed by atoms with van der Waals surface area (Å²) < 4.78 is 0. The first-order valence-corrected chi connectivity index (χ1v) is 10.5. The Morgan fingerprint density at radius 2 is 0.833 bits per heavy atom. The van der Waals surface area contributed by atoms with Crippen molar-refractivity contribution in [1.82, 2.24) is 0 Å². The third kappa shape index (κ3) is 2.31. The van der Waals surface area contributed by atoms with E-state index in [1.807, 2.05) is 26.0 Å². The number of fused-ring (bicyclic) bond motifs is 2. The van der Waals surface area contributed by atoms with Crippen molar-refractivity contribution < 1.29 is 0 Å². The predicted molar refractivity (Wildman–Crippen MR) is 127 cm³/mol. The highest BCUT2D eigenvalue weighted by Gasteiger charge is 2.25. The molecule has 0 saturated carbocycles. The van der Waals surface area contributed by atoms with Crippen LogP contribution in [0, 0.1) is 36.5 Å². The average molecular weight is 468 g/mol. The van der Waals surface area contributed by atoms with Gasteiger partial charge in [-0.15, -0.1) is 0 Å². The highest BCUT2D eigenvalue weighted by Crippen LogP contribution is 2.51. The molecule has 0 bridgehead atoms. The lowest BCUT2D eigenvalue weighted by Gasteiger charge is -2.21. The maximum atomic E-state index is 9.75. The van der Waals surface area contributed by atoms with Gasteiger partial charge in [-0.3, -0.25) is 0 Å². The Balaban J connectivity index is 2.37. The summed E-state index contributed by atoms with van der Waals surface area (Å²) in [5, 5.41) is 27.2. The lowest BCUT2D eigenvalue weighted by atomic mass is 9.85. The number of nitriles is 2. The summed E-state index contributed by atoms with van der Waals surface area (Å²) in [6.45, 7) is 4.00. The molecule has 0 saturated heterocycles. The summed E-state index contributed by atoms with van der Waals surface area (Å²) in [5.41, 5.74) is 2.64. The number of benzene rings is 5. The molecular weight excluding hydrogens is 458 g/mol. The monoisotopic (exact) mass is 466 g/mol. The molecular formula is C24H10Cl4N2. The summed E-state index contributed by atoms with van der Waals surface area (Å²) in [6.07, 6.45) is 0. The van der Waals surface area contributed by atoms with Gasteiger partial charge in [0.1, 0.15) is 0 Å². The van der Waals surface area contributed by atoms with Crippen molar-refractivity contribution in [3.8, 4) is 12.1 Å². The second-order valence-corrected chi connectivity index (χ2v) is 9.01. The minimum atomic E-state index is 0.305. The van der Waals surface area contributed by atoms with Crippen LogP contribution in [0.5, 0.6) is 0 Å². The molecule has 0 aliphatic rings. The highest BCUT2D eigenvalue weighted by atomic mass is 35.5. The molecule has 30 heavy (non-hydrogen) atoms. The van der Waals surface area contributed by atoms with Crippen molar-refractivity contribution in [2.75, 3.05) is 0 Å². The molecule has 0 aromatic heterocycles. The van der Waals surface area contributed by atoms with Gasteiger partial charge in [0.2, 0.25) is 0 Å². The van der Waals surface area contributed by atoms with E-state index >= 15 is 0 Å². The quantitative estimate of drug-likeness (QED) is 0.169. The van der Waals surface area contributed by atoms with Crippen molar-refractivity contribution in [2.24, 2.45) is 0 Å². The number of aryl methyl sites for hydroxylation is 2. The fourth-order valence-electron chi connectivity index (χ4n) is 4.71. The smallest absolute Gasteiger partial charge is 0.0999 e. The van der Waals surface area contributed by atoms with Gasteiger partial charge in [0, 0.05) is 47.7 Å². The SMILES string of the molecule is Cc1cc(Cl)c2c3c(Cl)cc(C#N)c4c(C#N)cc(Cl)c(c5c(Cl)cc(C)c1c25)c43. The van der Waals surface area contributed by atoms with Crippen LogP contribution in [-0.4, -0.2) is 0 Å². The first kappa shape index (κ1) is 19.5. The van der Waals surface area contributed by atoms with Crippen molar-refractivity contribution >= 4 is 89.5 Å². The molecule has 5 aromatic carbocycles. The van der Waals surface area contributed by atoms with Crippen LogP contribution in [0.3, 0.4) is 0 Å². The Bertz CT molecular complexity index is 1550. The van der Waals surface area contributed by atoms with Gasteiger partial charge in [0.15, 0.2) is 0 Å². The van der Waals surface area contributed by atoms with Crippen LogP contribution < -0.4 is 0 Å². The van der Waals surface area contributed by atoms with Crippen LogP contribution in [0.15, 0.2) is 24.3 Å². The van der Waals surface area contributed by atoms with E-state index in [0.717, 1.165) is 32.7 Å². The van der Waals surface area contributed by atoms with Gasteiger partial charge >= 0.3 is 0 Å². The van der Waals surface area contributed by atoms with E-state index in [1.54, 1.807) is 12.1 Å². The van der Waals surface area contributed by atoms with Crippen LogP contribution in [-0.2, 0) is 0 Å². The first-order valence-electron chi connectivity index (χ1n) is 9.01. The molecule has 0 aliphatic carbocycles. The number of hydrogen-bond acceptors (Lipinski definition) is 2. The van der Waals surface area contributed by atoms with E-state index in [2.05, 4.69) is 12.1 Å². The van der Waals surface area contributed by atoms with Gasteiger partial charge < -0.3 is 0 Å². The van der Waals surface area contributed by atoms with Crippen LogP contribution in [0.4, 0.5) is 0 Å². The average Bonchev–Trinajstić information content (AvgIpc) is 2.69. The second kappa shape index (κ2) is 6.52. The number of hydrogen-bond donors (Lipinski definition) is 0. The van der Waals surface area contributed by atoms with E-state index in [-0.39, 0.29) is 0 Å². The van der Waals surface area contributed by atoms with Crippen molar-refractivity contribution in [3.63, 3.8) is 0 Å². The molecule has 0 fully saturated rings. The molecule has 0 unspecified atom stereocenters. The minimum Gasteiger partial charge on any atom is -0.192 e. The summed E-state index contributed by atoms with van der Waals surface area (Å²) in [6, 6.07) is 11.3. The Morgan fingerprint density at radius 1 is 0.500 bits per heavy atom. The van der Waals surface area contributed by atoms with Crippen molar-refractivity contribution in [2.45, 2.75) is 13.8 Å². The molecule has 0 aliphatic heterocycles. The molecule has 5 aromatic rings. The molecule has 5 rings (SSSR count). The Labute approximate surface area is 192 Å². The third-order valence-corrected chi connectivity index (χ3v) is 6.94. The lowest BCUT2D eigenvalue weighted by Crippen LogP contribution is -1.96. The second-order valence-electron chi connectivity index (χ2n) is 7.39. The fraction of sp³-hybridized carbons (Fsp3) is 0.0833. The molecule has 0 radical (unpaired) electrons. The van der Waals surface area contributed by atoms with E-state index in [9.17, 15) is 10.5 Å². The van der Waals surface area contributed by atoms with E-state index in [1.165, 1.54) is 0 Å². The molecule has 0 N–H and O–H groups in total. The topological polar surface area (TPSA) is 47.6 Å². The van der Waals surface area contributed by atoms with E-state index < -0.39 is 0 Å². The summed E-state index contributed by atoms with van der Waals surface area (Å²) in [4.78, 5) is 0. The standard InChI is InChI=1S/C24H10Cl4N2/c1-9-3-13(25)19-21-15(27)5-11(7-29)18-12(8-30)6-16(28)22(24(18)21)20-14(26)4-10(2)17(9)23(19)20/h3-6H,1-2H3. The zero-order valence-corrected chi connectivity index (χ0v) is 18.7. The highest BCUT2D eigenvalue weighted by molar-refractivity contribution is 6.53. The lowest BCUT2D eigenvalue weighted by molar-refractivity contribution is 1.48. The Hall–Kier alpha value is -2.46. The Morgan fingerprint density at radius 3 is 1.20 bits per heavy atom. The number of halogens is 4. The largest absolute Gasteiger partial charge is 0.192 e. The molecule has 6 heteroatoms. The Kier molecular flexibility index (Phi) is 4.24. The molecule has 2 nitrogen and oxygen atoms in total. The van der Waals surface area contributed by atoms with Crippen LogP contribution in [0.2, 0.25) is 20.1 Å². The van der Waals surface area contributed by atoms with Crippen LogP contribution >= 0.6 is 46.4 Å². The maximum absolute atomic E-state index is 9.75. The van der Waals surface area contributed by atoms with Gasteiger partial charge in [-0.1, -0.05) is 46.4 Å². The van der Waals surface area contributed by atoms with Crippen molar-refractivity contribution in [3.05, 3.63) is 66.6 Å². The number of nitrogens with zero attached hydrogens (tertiary/aromatic N) is 2. The molecule has 0 atom stereocenters. The molecule has 0 amide bonds. The normalized spacial score (nSPS) is 11.6. The third-order valence-electron chi connectivity index (χ3n) is 5.75. The summed E-state index contributed by atoms with van der Waals surface area (Å²) in [7, 11) is 0. The molecule has 0 heterocycles. The van der Waals surface area contributed by atoms with Crippen LogP contribution in [0.25, 0.3) is 43.1 Å². The summed E-state index contributed by atoms with van der Waals surface area (Å²) >= 11 is 27.0. The van der Waals surface area contributed by atoms with E-state index in [4.69, 9.17) is 46.4 Å². The molecule has 0 spiro atoms. The van der Waals surface area contributed by atoms with E-state index in [0.29, 0.717) is 52.8 Å².